The first-order valence-corrected chi connectivity index (χ1v) is 17.5. The Balaban J connectivity index is 1.76. The van der Waals surface area contributed by atoms with E-state index in [9.17, 15) is 36.0 Å². The van der Waals surface area contributed by atoms with Crippen molar-refractivity contribution in [2.24, 2.45) is 0 Å². The molecule has 0 spiro atoms. The van der Waals surface area contributed by atoms with Crippen LogP contribution in [-0.2, 0) is 33.9 Å². The Bertz CT molecular complexity index is 2020. The van der Waals surface area contributed by atoms with Gasteiger partial charge < -0.3 is 10.1 Å². The van der Waals surface area contributed by atoms with Gasteiger partial charge in [-0.05, 0) is 55.7 Å². The van der Waals surface area contributed by atoms with Crippen molar-refractivity contribution in [3.8, 4) is 16.8 Å². The van der Waals surface area contributed by atoms with E-state index in [-0.39, 0.29) is 46.0 Å². The van der Waals surface area contributed by atoms with Crippen LogP contribution >= 0.6 is 0 Å². The van der Waals surface area contributed by atoms with E-state index in [1.165, 1.54) is 43.3 Å². The van der Waals surface area contributed by atoms with Crippen molar-refractivity contribution in [2.45, 2.75) is 70.5 Å². The molecular weight excluding hydrogens is 682 g/mol. The van der Waals surface area contributed by atoms with Gasteiger partial charge in [0.25, 0.3) is 15.9 Å². The summed E-state index contributed by atoms with van der Waals surface area (Å²) in [5.41, 5.74) is -2.73. The van der Waals surface area contributed by atoms with Crippen LogP contribution in [0.1, 0.15) is 73.8 Å². The molecule has 0 saturated heterocycles. The largest absolute Gasteiger partial charge is 0.449 e. The van der Waals surface area contributed by atoms with Gasteiger partial charge in [0.2, 0.25) is 0 Å². The number of hydrogen-bond donors (Lipinski definition) is 2. The number of hydrogen-bond acceptors (Lipinski definition) is 7. The minimum Gasteiger partial charge on any atom is -0.449 e. The lowest BCUT2D eigenvalue weighted by atomic mass is 10.0. The molecule has 0 fully saturated rings. The topological polar surface area (TPSA) is 141 Å². The van der Waals surface area contributed by atoms with Gasteiger partial charge in [0.15, 0.2) is 0 Å². The van der Waals surface area contributed by atoms with Gasteiger partial charge in [-0.1, -0.05) is 57.0 Å². The van der Waals surface area contributed by atoms with E-state index >= 15 is 4.39 Å². The smallest absolute Gasteiger partial charge is 0.421 e. The number of benzene rings is 3. The molecule has 4 rings (SSSR count). The highest BCUT2D eigenvalue weighted by molar-refractivity contribution is 7.90. The summed E-state index contributed by atoms with van der Waals surface area (Å²) in [6.07, 6.45) is -3.24. The number of halogens is 4. The van der Waals surface area contributed by atoms with E-state index in [1.807, 2.05) is 13.8 Å². The van der Waals surface area contributed by atoms with Crippen molar-refractivity contribution in [2.75, 3.05) is 13.2 Å². The Morgan fingerprint density at radius 3 is 2.34 bits per heavy atom. The van der Waals surface area contributed by atoms with Crippen LogP contribution in [0, 0.1) is 5.82 Å². The molecule has 1 heterocycles. The van der Waals surface area contributed by atoms with Crippen LogP contribution in [0.15, 0.2) is 70.4 Å². The number of carbonyl (C=O) groups excluding carboxylic acids is 2. The van der Waals surface area contributed by atoms with Crippen LogP contribution in [0.5, 0.6) is 0 Å². The summed E-state index contributed by atoms with van der Waals surface area (Å²) in [5, 5.41) is 6.88. The number of aryl methyl sites for hydroxylation is 1. The number of nitrogens with one attached hydrogen (secondary N) is 2. The Morgan fingerprint density at radius 2 is 1.68 bits per heavy atom. The summed E-state index contributed by atoms with van der Waals surface area (Å²) >= 11 is 0. The predicted molar refractivity (Wildman–Crippen MR) is 177 cm³/mol. The standard InChI is InChI=1S/C34H37F4N5O6S/c1-4-7-13-30-40-43(28-20-23(31(44)39-18-8-5-2)16-17-26(28)34(36,37)38)33(46)42(30)21-24-15-14-22(19-27(24)35)25-11-9-10-12-29(25)50(47,48)41-32(45)49-6-3/h9-12,14-17,19-20H,4-8,13,18,21H2,1-3H3,(H,39,44)(H,41,45). The number of carbonyl (C=O) groups is 2. The van der Waals surface area contributed by atoms with Gasteiger partial charge in [-0.15, -0.1) is 5.10 Å². The van der Waals surface area contributed by atoms with E-state index < -0.39 is 57.5 Å². The first-order chi connectivity index (χ1) is 23.7. The summed E-state index contributed by atoms with van der Waals surface area (Å²) < 4.78 is 92.2. The first kappa shape index (κ1) is 37.8. The van der Waals surface area contributed by atoms with Crippen molar-refractivity contribution < 1.29 is 40.3 Å². The summed E-state index contributed by atoms with van der Waals surface area (Å²) in [7, 11) is -4.41. The highest BCUT2D eigenvalue weighted by atomic mass is 32.2. The molecule has 4 aromatic rings. The maximum Gasteiger partial charge on any atom is 0.421 e. The number of ether oxygens (including phenoxy) is 1. The minimum atomic E-state index is -4.89. The third-order valence-corrected chi connectivity index (χ3v) is 9.04. The number of alkyl halides is 3. The van der Waals surface area contributed by atoms with Gasteiger partial charge in [-0.3, -0.25) is 9.36 Å². The van der Waals surface area contributed by atoms with E-state index in [0.29, 0.717) is 30.5 Å². The maximum absolute atomic E-state index is 15.7. The zero-order valence-electron chi connectivity index (χ0n) is 27.6. The Kier molecular flexibility index (Phi) is 12.2. The average molecular weight is 720 g/mol. The molecule has 16 heteroatoms. The second-order valence-electron chi connectivity index (χ2n) is 11.3. The molecule has 268 valence electrons. The van der Waals surface area contributed by atoms with Gasteiger partial charge >= 0.3 is 18.0 Å². The fourth-order valence-corrected chi connectivity index (χ4v) is 6.24. The summed E-state index contributed by atoms with van der Waals surface area (Å²) in [6, 6.07) is 12.1. The normalized spacial score (nSPS) is 11.7. The lowest BCUT2D eigenvalue weighted by Gasteiger charge is -2.14. The Morgan fingerprint density at radius 1 is 0.960 bits per heavy atom. The molecular formula is C34H37F4N5O6S. The number of aromatic nitrogens is 3. The van der Waals surface area contributed by atoms with Crippen molar-refractivity contribution in [3.05, 3.63) is 99.5 Å². The summed E-state index contributed by atoms with van der Waals surface area (Å²) in [5.74, 6) is -1.34. The molecule has 11 nitrogen and oxygen atoms in total. The zero-order chi connectivity index (χ0) is 36.6. The molecule has 0 bridgehead atoms. The molecule has 0 aliphatic rings. The van der Waals surface area contributed by atoms with Crippen LogP contribution < -0.4 is 15.7 Å². The molecule has 50 heavy (non-hydrogen) atoms. The van der Waals surface area contributed by atoms with E-state index in [0.717, 1.165) is 35.3 Å². The van der Waals surface area contributed by atoms with Crippen LogP contribution in [0.4, 0.5) is 22.4 Å². The van der Waals surface area contributed by atoms with Gasteiger partial charge in [0.05, 0.1) is 29.3 Å². The maximum atomic E-state index is 15.7. The van der Waals surface area contributed by atoms with Crippen molar-refractivity contribution >= 4 is 22.0 Å². The molecule has 0 unspecified atom stereocenters. The lowest BCUT2D eigenvalue weighted by Crippen LogP contribution is -2.31. The van der Waals surface area contributed by atoms with E-state index in [2.05, 4.69) is 15.2 Å². The second-order valence-corrected chi connectivity index (χ2v) is 12.9. The van der Waals surface area contributed by atoms with E-state index in [4.69, 9.17) is 0 Å². The Labute approximate surface area is 286 Å². The number of amides is 2. The lowest BCUT2D eigenvalue weighted by molar-refractivity contribution is -0.137. The third-order valence-electron chi connectivity index (χ3n) is 7.66. The third kappa shape index (κ3) is 8.77. The Hall–Kier alpha value is -4.99. The first-order valence-electron chi connectivity index (χ1n) is 16.0. The number of sulfonamides is 1. The highest BCUT2D eigenvalue weighted by Gasteiger charge is 2.36. The summed E-state index contributed by atoms with van der Waals surface area (Å²) in [4.78, 5) is 38.0. The van der Waals surface area contributed by atoms with Gasteiger partial charge in [-0.25, -0.2) is 27.1 Å². The molecule has 0 atom stereocenters. The molecule has 0 aliphatic carbocycles. The number of nitrogens with zero attached hydrogens (tertiary/aromatic N) is 3. The van der Waals surface area contributed by atoms with Gasteiger partial charge in [-0.2, -0.15) is 17.9 Å². The van der Waals surface area contributed by atoms with Crippen molar-refractivity contribution in [1.29, 1.82) is 0 Å². The molecule has 2 N–H and O–H groups in total. The molecule has 3 aromatic carbocycles. The highest BCUT2D eigenvalue weighted by Crippen LogP contribution is 2.34. The molecule has 0 saturated carbocycles. The van der Waals surface area contributed by atoms with Crippen molar-refractivity contribution in [1.82, 2.24) is 24.4 Å². The van der Waals surface area contributed by atoms with E-state index in [1.54, 1.807) is 4.72 Å². The molecule has 1 aromatic heterocycles. The molecule has 2 amide bonds. The monoisotopic (exact) mass is 719 g/mol. The average Bonchev–Trinajstić information content (AvgIpc) is 3.37. The molecule has 0 radical (unpaired) electrons. The zero-order valence-corrected chi connectivity index (χ0v) is 28.5. The van der Waals surface area contributed by atoms with Crippen LogP contribution in [0.2, 0.25) is 0 Å². The quantitative estimate of drug-likeness (QED) is 0.117. The second kappa shape index (κ2) is 16.1. The van der Waals surface area contributed by atoms with Crippen LogP contribution in [0.25, 0.3) is 16.8 Å². The van der Waals surface area contributed by atoms with Crippen molar-refractivity contribution in [3.63, 3.8) is 0 Å². The fraction of sp³-hybridized carbons (Fsp3) is 0.353. The minimum absolute atomic E-state index is 0.0294. The summed E-state index contributed by atoms with van der Waals surface area (Å²) in [6.45, 7) is 5.14. The predicted octanol–water partition coefficient (Wildman–Crippen LogP) is 6.21. The van der Waals surface area contributed by atoms with Crippen LogP contribution in [0.3, 0.4) is 0 Å². The van der Waals surface area contributed by atoms with Gasteiger partial charge in [0.1, 0.15) is 11.6 Å². The SMILES string of the molecule is CCCCNC(=O)c1ccc(C(F)(F)F)c(-n2nc(CCCC)n(Cc3ccc(-c4ccccc4S(=O)(=O)NC(=O)OCC)cc3F)c2=O)c1. The van der Waals surface area contributed by atoms with Crippen LogP contribution in [-0.4, -0.2) is 47.9 Å². The van der Waals surface area contributed by atoms with Gasteiger partial charge in [0, 0.05) is 29.7 Å². The molecule has 0 aliphatic heterocycles. The number of unbranched alkanes of at least 4 members (excludes halogenated alkanes) is 2. The number of rotatable bonds is 14. The fourth-order valence-electron chi connectivity index (χ4n) is 5.12.